The Morgan fingerprint density at radius 1 is 1.03 bits per heavy atom. The first-order valence-electron chi connectivity index (χ1n) is 9.63. The van der Waals surface area contributed by atoms with Crippen molar-refractivity contribution in [3.63, 3.8) is 0 Å². The molecule has 3 aromatic rings. The lowest BCUT2D eigenvalue weighted by atomic mass is 10.1. The van der Waals surface area contributed by atoms with Gasteiger partial charge in [-0.1, -0.05) is 18.2 Å². The number of hydrogen-bond donors (Lipinski definition) is 1. The van der Waals surface area contributed by atoms with E-state index in [4.69, 9.17) is 9.90 Å². The van der Waals surface area contributed by atoms with E-state index in [-0.39, 0.29) is 4.90 Å². The molecular weight excluding hydrogens is 452 g/mol. The number of halogens is 4. The molecule has 0 amide bonds. The van der Waals surface area contributed by atoms with Crippen LogP contribution in [0.4, 0.5) is 17.6 Å². The zero-order valence-electron chi connectivity index (χ0n) is 16.7. The van der Waals surface area contributed by atoms with E-state index in [0.717, 1.165) is 36.9 Å². The fraction of sp³-hybridized carbons (Fsp3) is 0.286. The maximum absolute atomic E-state index is 14.2. The highest BCUT2D eigenvalue weighted by atomic mass is 32.2. The Kier molecular flexibility index (Phi) is 6.89. The minimum Gasteiger partial charge on any atom is -0.475 e. The molecule has 1 aromatic heterocycles. The van der Waals surface area contributed by atoms with Gasteiger partial charge in [-0.2, -0.15) is 13.2 Å². The van der Waals surface area contributed by atoms with Gasteiger partial charge in [0.15, 0.2) is 0 Å². The highest BCUT2D eigenvalue weighted by Gasteiger charge is 2.38. The summed E-state index contributed by atoms with van der Waals surface area (Å²) in [5, 5.41) is 7.91. The molecule has 11 heteroatoms. The Morgan fingerprint density at radius 3 is 2.19 bits per heavy atom. The van der Waals surface area contributed by atoms with E-state index < -0.39 is 28.0 Å². The second-order valence-electron chi connectivity index (χ2n) is 7.21. The van der Waals surface area contributed by atoms with Crippen LogP contribution in [0.3, 0.4) is 0 Å². The Bertz CT molecular complexity index is 1200. The van der Waals surface area contributed by atoms with Gasteiger partial charge < -0.3 is 5.11 Å². The van der Waals surface area contributed by atoms with Crippen molar-refractivity contribution >= 4 is 26.9 Å². The topological polar surface area (TPSA) is 79.6 Å². The van der Waals surface area contributed by atoms with Gasteiger partial charge in [0.1, 0.15) is 5.82 Å². The van der Waals surface area contributed by atoms with Gasteiger partial charge in [0.2, 0.25) is 0 Å². The van der Waals surface area contributed by atoms with Gasteiger partial charge in [0, 0.05) is 18.1 Å². The first-order valence-corrected chi connectivity index (χ1v) is 11.1. The molecule has 32 heavy (non-hydrogen) atoms. The molecule has 2 heterocycles. The highest BCUT2D eigenvalue weighted by Crippen LogP contribution is 2.27. The molecule has 0 atom stereocenters. The average molecular weight is 472 g/mol. The second kappa shape index (κ2) is 9.29. The summed E-state index contributed by atoms with van der Waals surface area (Å²) in [6, 6.07) is 12.8. The molecule has 4 rings (SSSR count). The average Bonchev–Trinajstić information content (AvgIpc) is 3.38. The summed E-state index contributed by atoms with van der Waals surface area (Å²) in [5.41, 5.74) is 1.22. The van der Waals surface area contributed by atoms with Gasteiger partial charge >= 0.3 is 12.1 Å². The maximum atomic E-state index is 14.2. The van der Waals surface area contributed by atoms with Crippen molar-refractivity contribution in [2.24, 2.45) is 0 Å². The number of aliphatic carboxylic acids is 1. The summed E-state index contributed by atoms with van der Waals surface area (Å²) in [7, 11) is -3.75. The molecule has 0 saturated carbocycles. The van der Waals surface area contributed by atoms with E-state index in [1.807, 2.05) is 0 Å². The van der Waals surface area contributed by atoms with Gasteiger partial charge in [0.25, 0.3) is 10.0 Å². The Hall–Kier alpha value is -2.92. The zero-order valence-corrected chi connectivity index (χ0v) is 17.5. The van der Waals surface area contributed by atoms with Crippen LogP contribution in [0.2, 0.25) is 0 Å². The standard InChI is InChI=1S/C19H19FN2O2S.C2HF3O2/c20-16-12-15(14-21-9-4-5-10-21)18-8-11-22(19(18)13-16)25(23,24)17-6-2-1-3-7-17;3-2(4,5)1(6)7/h1-3,6-8,11-13H,4-5,9-10,14H2;(H,6,7). The molecule has 0 spiro atoms. The van der Waals surface area contributed by atoms with Crippen LogP contribution in [-0.4, -0.2) is 47.6 Å². The van der Waals surface area contributed by atoms with Gasteiger partial charge in [-0.3, -0.25) is 4.90 Å². The molecule has 172 valence electrons. The number of carboxylic acids is 1. The summed E-state index contributed by atoms with van der Waals surface area (Å²) < 4.78 is 72.9. The molecule has 1 fully saturated rings. The number of aromatic nitrogens is 1. The van der Waals surface area contributed by atoms with E-state index in [2.05, 4.69) is 4.90 Å². The Balaban J connectivity index is 0.000000360. The summed E-state index contributed by atoms with van der Waals surface area (Å²) in [4.78, 5) is 11.4. The molecule has 2 aromatic carbocycles. The predicted octanol–water partition coefficient (Wildman–Crippen LogP) is 4.25. The monoisotopic (exact) mass is 472 g/mol. The second-order valence-corrected chi connectivity index (χ2v) is 9.03. The normalized spacial score (nSPS) is 14.9. The van der Waals surface area contributed by atoms with Crippen molar-refractivity contribution < 1.29 is 35.9 Å². The quantitative estimate of drug-likeness (QED) is 0.575. The number of carboxylic acid groups (broad SMARTS) is 1. The summed E-state index contributed by atoms with van der Waals surface area (Å²) >= 11 is 0. The fourth-order valence-electron chi connectivity index (χ4n) is 3.48. The van der Waals surface area contributed by atoms with Crippen molar-refractivity contribution in [2.45, 2.75) is 30.5 Å². The van der Waals surface area contributed by atoms with Gasteiger partial charge in [-0.25, -0.2) is 21.6 Å². The van der Waals surface area contributed by atoms with Crippen molar-refractivity contribution in [3.05, 3.63) is 66.1 Å². The van der Waals surface area contributed by atoms with Crippen LogP contribution in [-0.2, 0) is 21.4 Å². The molecule has 1 N–H and O–H groups in total. The predicted molar refractivity (Wildman–Crippen MR) is 109 cm³/mol. The minimum absolute atomic E-state index is 0.192. The first kappa shape index (κ1) is 23.7. The molecular formula is C21H20F4N2O4S. The molecule has 0 unspecified atom stereocenters. The van der Waals surface area contributed by atoms with E-state index >= 15 is 0 Å². The van der Waals surface area contributed by atoms with Crippen molar-refractivity contribution in [2.75, 3.05) is 13.1 Å². The van der Waals surface area contributed by atoms with Crippen LogP contribution in [0.5, 0.6) is 0 Å². The third kappa shape index (κ3) is 5.28. The summed E-state index contributed by atoms with van der Waals surface area (Å²) in [5.74, 6) is -3.17. The number of hydrogen-bond acceptors (Lipinski definition) is 4. The van der Waals surface area contributed by atoms with Crippen molar-refractivity contribution in [1.82, 2.24) is 8.87 Å². The first-order chi connectivity index (χ1) is 15.0. The number of fused-ring (bicyclic) bond motifs is 1. The zero-order chi connectivity index (χ0) is 23.5. The lowest BCUT2D eigenvalue weighted by Crippen LogP contribution is -2.21. The lowest BCUT2D eigenvalue weighted by Gasteiger charge is -2.16. The van der Waals surface area contributed by atoms with Crippen LogP contribution in [0.1, 0.15) is 18.4 Å². The number of benzene rings is 2. The van der Waals surface area contributed by atoms with Crippen molar-refractivity contribution in [3.8, 4) is 0 Å². The molecule has 0 aliphatic carbocycles. The number of nitrogens with zero attached hydrogens (tertiary/aromatic N) is 2. The van der Waals surface area contributed by atoms with Crippen LogP contribution < -0.4 is 0 Å². The molecule has 6 nitrogen and oxygen atoms in total. The minimum atomic E-state index is -5.08. The van der Waals surface area contributed by atoms with E-state index in [9.17, 15) is 26.0 Å². The van der Waals surface area contributed by atoms with E-state index in [0.29, 0.717) is 12.1 Å². The Morgan fingerprint density at radius 2 is 1.62 bits per heavy atom. The molecule has 0 bridgehead atoms. The third-order valence-electron chi connectivity index (χ3n) is 4.96. The fourth-order valence-corrected chi connectivity index (χ4v) is 4.84. The largest absolute Gasteiger partial charge is 0.490 e. The van der Waals surface area contributed by atoms with E-state index in [1.54, 1.807) is 36.4 Å². The molecule has 1 aliphatic heterocycles. The molecule has 0 radical (unpaired) electrons. The number of alkyl halides is 3. The number of carbonyl (C=O) groups is 1. The smallest absolute Gasteiger partial charge is 0.475 e. The maximum Gasteiger partial charge on any atom is 0.490 e. The van der Waals surface area contributed by atoms with Crippen LogP contribution in [0.15, 0.2) is 59.6 Å². The number of likely N-dealkylation sites (tertiary alicyclic amines) is 1. The SMILES string of the molecule is O=C(O)C(F)(F)F.O=S(=O)(c1ccccc1)n1ccc2c(CN3CCCC3)cc(F)cc21. The van der Waals surface area contributed by atoms with Crippen molar-refractivity contribution in [1.29, 1.82) is 0 Å². The van der Waals surface area contributed by atoms with E-state index in [1.165, 1.54) is 22.3 Å². The molecule has 1 aliphatic rings. The van der Waals surface area contributed by atoms with Crippen LogP contribution >= 0.6 is 0 Å². The molecule has 1 saturated heterocycles. The van der Waals surface area contributed by atoms with Gasteiger partial charge in [-0.15, -0.1) is 0 Å². The lowest BCUT2D eigenvalue weighted by molar-refractivity contribution is -0.192. The van der Waals surface area contributed by atoms with Crippen LogP contribution in [0, 0.1) is 5.82 Å². The van der Waals surface area contributed by atoms with Gasteiger partial charge in [0.05, 0.1) is 10.4 Å². The highest BCUT2D eigenvalue weighted by molar-refractivity contribution is 7.90. The summed E-state index contributed by atoms with van der Waals surface area (Å²) in [6.45, 7) is 2.64. The summed E-state index contributed by atoms with van der Waals surface area (Å²) in [6.07, 6.45) is -1.26. The number of rotatable bonds is 4. The van der Waals surface area contributed by atoms with Crippen LogP contribution in [0.25, 0.3) is 10.9 Å². The van der Waals surface area contributed by atoms with Gasteiger partial charge in [-0.05, 0) is 61.8 Å². The Labute approximate surface area is 181 Å². The third-order valence-corrected chi connectivity index (χ3v) is 6.66.